The molecule has 2 aromatic carbocycles. The van der Waals surface area contributed by atoms with Crippen LogP contribution in [0.25, 0.3) is 10.9 Å². The van der Waals surface area contributed by atoms with Gasteiger partial charge in [0.1, 0.15) is 0 Å². The summed E-state index contributed by atoms with van der Waals surface area (Å²) in [4.78, 5) is 12.3. The smallest absolute Gasteiger partial charge is 0.252 e. The zero-order chi connectivity index (χ0) is 14.8. The predicted molar refractivity (Wildman–Crippen MR) is 85.3 cm³/mol. The number of benzene rings is 2. The van der Waals surface area contributed by atoms with Gasteiger partial charge in [-0.2, -0.15) is 0 Å². The van der Waals surface area contributed by atoms with E-state index in [1.54, 1.807) is 0 Å². The molecule has 2 nitrogen and oxygen atoms in total. The SMILES string of the molecule is Cc1cccc2cc(C(=O)C#Cc3ccccc3)n(C)c12. The summed E-state index contributed by atoms with van der Waals surface area (Å²) in [5.41, 5.74) is 3.72. The second-order valence-electron chi connectivity index (χ2n) is 5.05. The van der Waals surface area contributed by atoms with Crippen molar-refractivity contribution in [3.05, 3.63) is 71.4 Å². The molecule has 0 N–H and O–H groups in total. The zero-order valence-corrected chi connectivity index (χ0v) is 12.1. The van der Waals surface area contributed by atoms with Gasteiger partial charge in [-0.25, -0.2) is 0 Å². The summed E-state index contributed by atoms with van der Waals surface area (Å²) >= 11 is 0. The molecule has 2 heteroatoms. The van der Waals surface area contributed by atoms with Crippen molar-refractivity contribution in [3.63, 3.8) is 0 Å². The fourth-order valence-corrected chi connectivity index (χ4v) is 2.55. The van der Waals surface area contributed by atoms with E-state index >= 15 is 0 Å². The average Bonchev–Trinajstić information content (AvgIpc) is 2.84. The van der Waals surface area contributed by atoms with Crippen LogP contribution in [0.3, 0.4) is 0 Å². The molecule has 0 amide bonds. The predicted octanol–water partition coefficient (Wildman–Crippen LogP) is 3.72. The Morgan fingerprint density at radius 2 is 1.81 bits per heavy atom. The topological polar surface area (TPSA) is 22.0 Å². The highest BCUT2D eigenvalue weighted by Gasteiger charge is 2.12. The largest absolute Gasteiger partial charge is 0.340 e. The normalized spacial score (nSPS) is 10.2. The minimum Gasteiger partial charge on any atom is -0.340 e. The quantitative estimate of drug-likeness (QED) is 0.489. The van der Waals surface area contributed by atoms with Gasteiger partial charge >= 0.3 is 0 Å². The van der Waals surface area contributed by atoms with Crippen molar-refractivity contribution in [2.24, 2.45) is 7.05 Å². The van der Waals surface area contributed by atoms with Crippen LogP contribution in [0.15, 0.2) is 54.6 Å². The lowest BCUT2D eigenvalue weighted by molar-refractivity contribution is 0.104. The zero-order valence-electron chi connectivity index (χ0n) is 12.1. The molecule has 21 heavy (non-hydrogen) atoms. The molecule has 0 saturated heterocycles. The molecule has 1 aromatic heterocycles. The maximum Gasteiger partial charge on any atom is 0.252 e. The molecule has 0 aliphatic carbocycles. The van der Waals surface area contributed by atoms with Crippen LogP contribution >= 0.6 is 0 Å². The van der Waals surface area contributed by atoms with Crippen LogP contribution in [0.5, 0.6) is 0 Å². The fourth-order valence-electron chi connectivity index (χ4n) is 2.55. The third-order valence-electron chi connectivity index (χ3n) is 3.58. The first-order chi connectivity index (χ1) is 10.2. The summed E-state index contributed by atoms with van der Waals surface area (Å²) in [5, 5.41) is 1.07. The standard InChI is InChI=1S/C19H15NO/c1-14-7-6-10-16-13-17(20(2)19(14)16)18(21)12-11-15-8-4-3-5-9-15/h3-10,13H,1-2H3. The molecular weight excluding hydrogens is 258 g/mol. The molecule has 0 bridgehead atoms. The Morgan fingerprint density at radius 1 is 1.05 bits per heavy atom. The highest BCUT2D eigenvalue weighted by atomic mass is 16.1. The Balaban J connectivity index is 2.02. The number of hydrogen-bond donors (Lipinski definition) is 0. The monoisotopic (exact) mass is 273 g/mol. The lowest BCUT2D eigenvalue weighted by Gasteiger charge is -2.02. The summed E-state index contributed by atoms with van der Waals surface area (Å²) in [7, 11) is 1.91. The first kappa shape index (κ1) is 13.2. The highest BCUT2D eigenvalue weighted by molar-refractivity contribution is 6.11. The minimum absolute atomic E-state index is 0.156. The van der Waals surface area contributed by atoms with Gasteiger partial charge in [-0.1, -0.05) is 42.3 Å². The van der Waals surface area contributed by atoms with Crippen LogP contribution in [0, 0.1) is 18.8 Å². The molecule has 0 saturated carbocycles. The van der Waals surface area contributed by atoms with E-state index in [1.807, 2.05) is 73.1 Å². The maximum atomic E-state index is 12.3. The van der Waals surface area contributed by atoms with E-state index in [0.29, 0.717) is 5.69 Å². The van der Waals surface area contributed by atoms with Crippen LogP contribution in [0.2, 0.25) is 0 Å². The van der Waals surface area contributed by atoms with E-state index in [9.17, 15) is 4.79 Å². The third kappa shape index (κ3) is 2.46. The molecule has 3 aromatic rings. The number of hydrogen-bond acceptors (Lipinski definition) is 1. The van der Waals surface area contributed by atoms with Gasteiger partial charge in [-0.05, 0) is 36.6 Å². The molecule has 3 rings (SSSR count). The number of nitrogens with zero attached hydrogens (tertiary/aromatic N) is 1. The van der Waals surface area contributed by atoms with E-state index in [2.05, 4.69) is 11.8 Å². The van der Waals surface area contributed by atoms with Crippen molar-refractivity contribution >= 4 is 16.7 Å². The van der Waals surface area contributed by atoms with Crippen LogP contribution in [-0.4, -0.2) is 10.4 Å². The van der Waals surface area contributed by atoms with E-state index < -0.39 is 0 Å². The molecule has 0 aliphatic rings. The molecule has 0 aliphatic heterocycles. The Hall–Kier alpha value is -2.79. The summed E-state index contributed by atoms with van der Waals surface area (Å²) < 4.78 is 1.92. The maximum absolute atomic E-state index is 12.3. The highest BCUT2D eigenvalue weighted by Crippen LogP contribution is 2.22. The Morgan fingerprint density at radius 3 is 2.52 bits per heavy atom. The number of aromatic nitrogens is 1. The van der Waals surface area contributed by atoms with Crippen LogP contribution < -0.4 is 0 Å². The van der Waals surface area contributed by atoms with Gasteiger partial charge in [0.05, 0.1) is 11.2 Å². The summed E-state index contributed by atoms with van der Waals surface area (Å²) in [6.07, 6.45) is 0. The molecule has 0 unspecified atom stereocenters. The van der Waals surface area contributed by atoms with Gasteiger partial charge in [0.2, 0.25) is 0 Å². The van der Waals surface area contributed by atoms with Gasteiger partial charge in [0.25, 0.3) is 5.78 Å². The van der Waals surface area contributed by atoms with E-state index in [0.717, 1.165) is 22.0 Å². The van der Waals surface area contributed by atoms with Crippen molar-refractivity contribution in [1.29, 1.82) is 0 Å². The number of ketones is 1. The number of carbonyl (C=O) groups excluding carboxylic acids is 1. The Bertz CT molecular complexity index is 876. The molecule has 1 heterocycles. The van der Waals surface area contributed by atoms with Crippen molar-refractivity contribution in [1.82, 2.24) is 4.57 Å². The number of Topliss-reactive ketones (excluding diaryl/α,β-unsaturated/α-hetero) is 1. The number of carbonyl (C=O) groups is 1. The van der Waals surface area contributed by atoms with Gasteiger partial charge in [-0.15, -0.1) is 0 Å². The van der Waals surface area contributed by atoms with E-state index in [4.69, 9.17) is 0 Å². The number of fused-ring (bicyclic) bond motifs is 1. The molecule has 0 spiro atoms. The van der Waals surface area contributed by atoms with Crippen molar-refractivity contribution in [2.45, 2.75) is 6.92 Å². The lowest BCUT2D eigenvalue weighted by Crippen LogP contribution is -2.03. The Labute approximate surface area is 124 Å². The molecule has 0 fully saturated rings. The van der Waals surface area contributed by atoms with E-state index in [-0.39, 0.29) is 5.78 Å². The number of aryl methyl sites for hydroxylation is 2. The van der Waals surface area contributed by atoms with E-state index in [1.165, 1.54) is 0 Å². The van der Waals surface area contributed by atoms with Crippen molar-refractivity contribution < 1.29 is 4.79 Å². The molecular formula is C19H15NO. The Kier molecular flexibility index (Phi) is 3.33. The summed E-state index contributed by atoms with van der Waals surface area (Å²) in [5.74, 6) is 5.49. The van der Waals surface area contributed by atoms with Gasteiger partial charge in [0, 0.05) is 18.0 Å². The number of para-hydroxylation sites is 1. The summed E-state index contributed by atoms with van der Waals surface area (Å²) in [6, 6.07) is 17.5. The lowest BCUT2D eigenvalue weighted by atomic mass is 10.1. The van der Waals surface area contributed by atoms with Gasteiger partial charge in [0.15, 0.2) is 0 Å². The third-order valence-corrected chi connectivity index (χ3v) is 3.58. The van der Waals surface area contributed by atoms with Crippen molar-refractivity contribution in [3.8, 4) is 11.8 Å². The fraction of sp³-hybridized carbons (Fsp3) is 0.105. The second kappa shape index (κ2) is 5.30. The van der Waals surface area contributed by atoms with Crippen molar-refractivity contribution in [2.75, 3.05) is 0 Å². The van der Waals surface area contributed by atoms with Gasteiger partial charge < -0.3 is 4.57 Å². The minimum atomic E-state index is -0.156. The van der Waals surface area contributed by atoms with Crippen LogP contribution in [0.1, 0.15) is 21.6 Å². The number of rotatable bonds is 1. The average molecular weight is 273 g/mol. The van der Waals surface area contributed by atoms with Gasteiger partial charge in [-0.3, -0.25) is 4.79 Å². The first-order valence-electron chi connectivity index (χ1n) is 6.83. The first-order valence-corrected chi connectivity index (χ1v) is 6.83. The second-order valence-corrected chi connectivity index (χ2v) is 5.05. The molecule has 0 radical (unpaired) electrons. The summed E-state index contributed by atoms with van der Waals surface area (Å²) in [6.45, 7) is 2.05. The van der Waals surface area contributed by atoms with Crippen LogP contribution in [-0.2, 0) is 7.05 Å². The van der Waals surface area contributed by atoms with Crippen LogP contribution in [0.4, 0.5) is 0 Å². The molecule has 0 atom stereocenters. The molecule has 102 valence electrons.